The van der Waals surface area contributed by atoms with Crippen LogP contribution in [-0.4, -0.2) is 17.8 Å². The number of urea groups is 1. The van der Waals surface area contributed by atoms with E-state index >= 15 is 0 Å². The van der Waals surface area contributed by atoms with Crippen LogP contribution in [0.4, 0.5) is 16.2 Å². The predicted octanol–water partition coefficient (Wildman–Crippen LogP) is 5.37. The summed E-state index contributed by atoms with van der Waals surface area (Å²) in [6, 6.07) is 15.7. The quantitative estimate of drug-likeness (QED) is 0.763. The zero-order chi connectivity index (χ0) is 15.5. The topological polar surface area (TPSA) is 32.3 Å². The van der Waals surface area contributed by atoms with Crippen molar-refractivity contribution in [1.29, 1.82) is 0 Å². The van der Waals surface area contributed by atoms with Crippen molar-refractivity contribution in [1.82, 2.24) is 0 Å². The van der Waals surface area contributed by atoms with E-state index in [1.165, 1.54) is 4.90 Å². The fourth-order valence-corrected chi connectivity index (χ4v) is 4.07. The molecule has 114 valence electrons. The molecule has 0 fully saturated rings. The van der Waals surface area contributed by atoms with Gasteiger partial charge >= 0.3 is 6.03 Å². The van der Waals surface area contributed by atoms with Crippen molar-refractivity contribution < 1.29 is 4.79 Å². The van der Waals surface area contributed by atoms with E-state index in [-0.39, 0.29) is 6.03 Å². The minimum Gasteiger partial charge on any atom is -0.308 e. The average molecular weight is 377 g/mol. The van der Waals surface area contributed by atoms with Gasteiger partial charge in [0.05, 0.1) is 5.69 Å². The van der Waals surface area contributed by atoms with E-state index in [0.29, 0.717) is 5.25 Å². The molecule has 0 aromatic heterocycles. The highest BCUT2D eigenvalue weighted by atomic mass is 79.9. The first kappa shape index (κ1) is 15.4. The van der Waals surface area contributed by atoms with Gasteiger partial charge in [0.15, 0.2) is 0 Å². The van der Waals surface area contributed by atoms with E-state index in [1.807, 2.05) is 59.1 Å². The lowest BCUT2D eigenvalue weighted by Gasteiger charge is -2.33. The summed E-state index contributed by atoms with van der Waals surface area (Å²) in [5.41, 5.74) is 1.79. The Balaban J connectivity index is 1.85. The minimum absolute atomic E-state index is 0.0794. The Labute approximate surface area is 143 Å². The fourth-order valence-electron chi connectivity index (χ4n) is 2.46. The van der Waals surface area contributed by atoms with Crippen LogP contribution in [0.2, 0.25) is 0 Å². The summed E-state index contributed by atoms with van der Waals surface area (Å²) >= 11 is 5.28. The number of amides is 2. The predicted molar refractivity (Wildman–Crippen MR) is 96.9 cm³/mol. The van der Waals surface area contributed by atoms with Gasteiger partial charge in [-0.1, -0.05) is 41.1 Å². The molecule has 0 radical (unpaired) electrons. The van der Waals surface area contributed by atoms with E-state index in [1.54, 1.807) is 0 Å². The first-order valence-corrected chi connectivity index (χ1v) is 8.94. The number of hydrogen-bond acceptors (Lipinski definition) is 2. The summed E-state index contributed by atoms with van der Waals surface area (Å²) < 4.78 is 0.950. The van der Waals surface area contributed by atoms with Gasteiger partial charge in [-0.25, -0.2) is 4.79 Å². The summed E-state index contributed by atoms with van der Waals surface area (Å²) in [6.45, 7) is 2.90. The number of rotatable bonds is 2. The molecule has 3 rings (SSSR count). The summed E-state index contributed by atoms with van der Waals surface area (Å²) in [4.78, 5) is 15.7. The summed E-state index contributed by atoms with van der Waals surface area (Å²) in [7, 11) is 0. The number of fused-ring (bicyclic) bond motifs is 1. The van der Waals surface area contributed by atoms with Crippen LogP contribution in [-0.2, 0) is 0 Å². The number of benzene rings is 2. The van der Waals surface area contributed by atoms with Gasteiger partial charge in [0, 0.05) is 26.9 Å². The molecule has 1 aliphatic rings. The number of thioether (sulfide) groups is 1. The Morgan fingerprint density at radius 1 is 1.32 bits per heavy atom. The number of nitrogens with zero attached hydrogens (tertiary/aromatic N) is 1. The standard InChI is InChI=1S/C17H17BrN2OS/c1-2-14-11-20(15-8-3-4-9-16(15)22-14)17(21)19-13-7-5-6-12(18)10-13/h3-10,14H,2,11H2,1H3,(H,19,21)/t14-/m1/s1. The number of carbonyl (C=O) groups excluding carboxylic acids is 1. The van der Waals surface area contributed by atoms with Crippen LogP contribution in [0.15, 0.2) is 57.9 Å². The second kappa shape index (κ2) is 6.75. The summed E-state index contributed by atoms with van der Waals surface area (Å²) in [6.07, 6.45) is 1.04. The highest BCUT2D eigenvalue weighted by molar-refractivity contribution is 9.10. The third kappa shape index (κ3) is 3.31. The van der Waals surface area contributed by atoms with E-state index in [4.69, 9.17) is 0 Å². The van der Waals surface area contributed by atoms with Gasteiger partial charge in [-0.2, -0.15) is 0 Å². The van der Waals surface area contributed by atoms with E-state index in [0.717, 1.165) is 28.8 Å². The van der Waals surface area contributed by atoms with Crippen molar-refractivity contribution in [3.05, 3.63) is 53.0 Å². The van der Waals surface area contributed by atoms with E-state index in [9.17, 15) is 4.79 Å². The Bertz CT molecular complexity index is 692. The molecular weight excluding hydrogens is 360 g/mol. The molecule has 22 heavy (non-hydrogen) atoms. The molecule has 0 aliphatic carbocycles. The molecule has 1 heterocycles. The largest absolute Gasteiger partial charge is 0.326 e. The van der Waals surface area contributed by atoms with E-state index < -0.39 is 0 Å². The van der Waals surface area contributed by atoms with Gasteiger partial charge in [-0.15, -0.1) is 11.8 Å². The van der Waals surface area contributed by atoms with Gasteiger partial charge in [0.1, 0.15) is 0 Å². The average Bonchev–Trinajstić information content (AvgIpc) is 2.53. The number of carbonyl (C=O) groups is 1. The zero-order valence-electron chi connectivity index (χ0n) is 12.3. The highest BCUT2D eigenvalue weighted by Gasteiger charge is 2.28. The maximum atomic E-state index is 12.7. The SMILES string of the molecule is CC[C@@H]1CN(C(=O)Nc2cccc(Br)c2)c2ccccc2S1. The maximum absolute atomic E-state index is 12.7. The summed E-state index contributed by atoms with van der Waals surface area (Å²) in [5, 5.41) is 3.42. The van der Waals surface area contributed by atoms with Crippen LogP contribution < -0.4 is 10.2 Å². The molecule has 0 unspecified atom stereocenters. The first-order valence-electron chi connectivity index (χ1n) is 7.27. The van der Waals surface area contributed by atoms with Crippen molar-refractivity contribution in [3.8, 4) is 0 Å². The fraction of sp³-hybridized carbons (Fsp3) is 0.235. The highest BCUT2D eigenvalue weighted by Crippen LogP contribution is 2.39. The number of para-hydroxylation sites is 1. The molecule has 1 atom stereocenters. The second-order valence-electron chi connectivity index (χ2n) is 5.17. The van der Waals surface area contributed by atoms with Crippen LogP contribution in [0.25, 0.3) is 0 Å². The van der Waals surface area contributed by atoms with Crippen LogP contribution in [0.5, 0.6) is 0 Å². The normalized spacial score (nSPS) is 17.0. The Morgan fingerprint density at radius 3 is 2.91 bits per heavy atom. The molecule has 0 spiro atoms. The van der Waals surface area contributed by atoms with E-state index in [2.05, 4.69) is 34.2 Å². The number of anilines is 2. The van der Waals surface area contributed by atoms with Gasteiger partial charge in [-0.05, 0) is 36.8 Å². The molecule has 0 saturated heterocycles. The molecule has 2 aromatic carbocycles. The zero-order valence-corrected chi connectivity index (χ0v) is 14.7. The number of hydrogen-bond donors (Lipinski definition) is 1. The van der Waals surface area contributed by atoms with Crippen molar-refractivity contribution in [2.75, 3.05) is 16.8 Å². The molecule has 3 nitrogen and oxygen atoms in total. The third-order valence-electron chi connectivity index (χ3n) is 3.61. The molecule has 5 heteroatoms. The number of halogens is 1. The van der Waals surface area contributed by atoms with Crippen molar-refractivity contribution in [2.24, 2.45) is 0 Å². The molecule has 1 N–H and O–H groups in total. The molecule has 2 aromatic rings. The Morgan fingerprint density at radius 2 is 2.14 bits per heavy atom. The number of nitrogens with one attached hydrogen (secondary N) is 1. The molecule has 0 bridgehead atoms. The Kier molecular flexibility index (Phi) is 4.74. The third-order valence-corrected chi connectivity index (χ3v) is 5.52. The molecule has 0 saturated carbocycles. The molecular formula is C17H17BrN2OS. The summed E-state index contributed by atoms with van der Waals surface area (Å²) in [5.74, 6) is 0. The molecule has 1 aliphatic heterocycles. The Hall–Kier alpha value is -1.46. The first-order chi connectivity index (χ1) is 10.7. The monoisotopic (exact) mass is 376 g/mol. The van der Waals surface area contributed by atoms with Gasteiger partial charge in [0.25, 0.3) is 0 Å². The van der Waals surface area contributed by atoms with Crippen LogP contribution in [0, 0.1) is 0 Å². The second-order valence-corrected chi connectivity index (χ2v) is 7.42. The maximum Gasteiger partial charge on any atom is 0.326 e. The smallest absolute Gasteiger partial charge is 0.308 e. The molecule has 2 amide bonds. The minimum atomic E-state index is -0.0794. The van der Waals surface area contributed by atoms with Gasteiger partial charge in [0.2, 0.25) is 0 Å². The van der Waals surface area contributed by atoms with Gasteiger partial charge < -0.3 is 5.32 Å². The van der Waals surface area contributed by atoms with Crippen molar-refractivity contribution >= 4 is 45.1 Å². The van der Waals surface area contributed by atoms with Gasteiger partial charge in [-0.3, -0.25) is 4.90 Å². The van der Waals surface area contributed by atoms with Crippen LogP contribution in [0.1, 0.15) is 13.3 Å². The van der Waals surface area contributed by atoms with Crippen molar-refractivity contribution in [3.63, 3.8) is 0 Å². The van der Waals surface area contributed by atoms with Crippen molar-refractivity contribution in [2.45, 2.75) is 23.5 Å². The van der Waals surface area contributed by atoms with Crippen LogP contribution >= 0.6 is 27.7 Å². The lowest BCUT2D eigenvalue weighted by Crippen LogP contribution is -2.41. The lowest BCUT2D eigenvalue weighted by molar-refractivity contribution is 0.256. The lowest BCUT2D eigenvalue weighted by atomic mass is 10.2. The van der Waals surface area contributed by atoms with Crippen LogP contribution in [0.3, 0.4) is 0 Å².